The van der Waals surface area contributed by atoms with Gasteiger partial charge in [-0.3, -0.25) is 14.4 Å². The molecule has 3 heterocycles. The lowest BCUT2D eigenvalue weighted by molar-refractivity contribution is -0.138. The summed E-state index contributed by atoms with van der Waals surface area (Å²) in [5, 5.41) is 8.82. The number of nitrogens with two attached hydrogens (primary N) is 1. The molecular weight excluding hydrogens is 603 g/mol. The molecule has 1 aliphatic heterocycles. The Bertz CT molecular complexity index is 2030. The molecule has 47 heavy (non-hydrogen) atoms. The van der Waals surface area contributed by atoms with Crippen LogP contribution in [0.5, 0.6) is 0 Å². The second-order valence-electron chi connectivity index (χ2n) is 11.8. The number of pyridine rings is 1. The molecule has 3 aromatic carbocycles. The van der Waals surface area contributed by atoms with E-state index in [1.54, 1.807) is 29.1 Å². The van der Waals surface area contributed by atoms with E-state index >= 15 is 0 Å². The van der Waals surface area contributed by atoms with Gasteiger partial charge in [-0.15, -0.1) is 0 Å². The summed E-state index contributed by atoms with van der Waals surface area (Å²) < 4.78 is 44.0. The molecule has 0 atom stereocenters. The third-order valence-electron chi connectivity index (χ3n) is 8.44. The van der Waals surface area contributed by atoms with Gasteiger partial charge in [0.05, 0.1) is 16.8 Å². The lowest BCUT2D eigenvalue weighted by Gasteiger charge is -2.33. The molecule has 1 fully saturated rings. The molecule has 1 aliphatic rings. The van der Waals surface area contributed by atoms with Gasteiger partial charge in [0.25, 0.3) is 5.91 Å². The van der Waals surface area contributed by atoms with Crippen molar-refractivity contribution in [3.8, 4) is 23.1 Å². The number of amides is 1. The summed E-state index contributed by atoms with van der Waals surface area (Å²) in [6, 6.07) is 16.7. The molecule has 0 radical (unpaired) electrons. The summed E-state index contributed by atoms with van der Waals surface area (Å²) in [5.41, 5.74) is 9.67. The van der Waals surface area contributed by atoms with Crippen LogP contribution >= 0.6 is 0 Å². The van der Waals surface area contributed by atoms with Gasteiger partial charge in [0.1, 0.15) is 5.82 Å². The smallest absolute Gasteiger partial charge is 0.383 e. The normalized spacial score (nSPS) is 14.2. The van der Waals surface area contributed by atoms with Crippen molar-refractivity contribution in [1.29, 1.82) is 0 Å². The number of rotatable bonds is 5. The van der Waals surface area contributed by atoms with E-state index in [0.29, 0.717) is 24.2 Å². The van der Waals surface area contributed by atoms with Gasteiger partial charge in [0.15, 0.2) is 0 Å². The predicted molar refractivity (Wildman–Crippen MR) is 178 cm³/mol. The highest BCUT2D eigenvalue weighted by molar-refractivity contribution is 6.04. The monoisotopic (exact) mass is 637 g/mol. The minimum absolute atomic E-state index is 0.0657. The molecule has 0 unspecified atom stereocenters. The van der Waals surface area contributed by atoms with Crippen LogP contribution in [0.25, 0.3) is 22.0 Å². The Kier molecular flexibility index (Phi) is 8.73. The molecule has 3 N–H and O–H groups in total. The third kappa shape index (κ3) is 6.99. The molecule has 5 aromatic rings. The van der Waals surface area contributed by atoms with Crippen LogP contribution in [-0.2, 0) is 19.8 Å². The number of nitrogens with one attached hydrogen (secondary N) is 1. The first-order valence-electron chi connectivity index (χ1n) is 15.2. The van der Waals surface area contributed by atoms with E-state index in [4.69, 9.17) is 5.73 Å². The molecule has 1 amide bonds. The number of likely N-dealkylation sites (N-methyl/N-ethyl adjacent to an activating group) is 1. The summed E-state index contributed by atoms with van der Waals surface area (Å²) in [7, 11) is 3.85. The largest absolute Gasteiger partial charge is 0.416 e. The molecule has 2 aromatic heterocycles. The van der Waals surface area contributed by atoms with Crippen molar-refractivity contribution in [3.63, 3.8) is 0 Å². The van der Waals surface area contributed by atoms with Crippen molar-refractivity contribution < 1.29 is 18.0 Å². The van der Waals surface area contributed by atoms with Crippen LogP contribution in [0.4, 0.5) is 24.7 Å². The minimum Gasteiger partial charge on any atom is -0.383 e. The topological polar surface area (TPSA) is 92.3 Å². The lowest BCUT2D eigenvalue weighted by atomic mass is 9.99. The maximum Gasteiger partial charge on any atom is 0.416 e. The van der Waals surface area contributed by atoms with Gasteiger partial charge in [-0.2, -0.15) is 18.3 Å². The number of carbonyl (C=O) groups excluding carboxylic acids is 1. The van der Waals surface area contributed by atoms with Gasteiger partial charge in [-0.25, -0.2) is 4.98 Å². The standard InChI is InChI=1S/C36H34F3N7O/c1-23-7-8-25(35(47)42-27-11-9-26(32(20-27)36(37,38)39)22-46-17-15-44(2)16-18-46)19-24(23)10-12-30-28-5-4-6-29(31(28)21-41-34(30)40)33-13-14-45(3)43-33/h4-9,11,13-14,19-21H,15-18,22H2,1-3H3,(H2,40,41)(H,42,47). The molecule has 0 bridgehead atoms. The number of fused-ring (bicyclic) bond motifs is 1. The van der Waals surface area contributed by atoms with E-state index in [9.17, 15) is 18.0 Å². The minimum atomic E-state index is -4.56. The molecule has 1 saturated heterocycles. The first-order chi connectivity index (χ1) is 22.5. The predicted octanol–water partition coefficient (Wildman–Crippen LogP) is 5.94. The molecule has 8 nitrogen and oxygen atoms in total. The number of piperazine rings is 1. The van der Waals surface area contributed by atoms with Gasteiger partial charge in [0.2, 0.25) is 0 Å². The zero-order valence-corrected chi connectivity index (χ0v) is 26.3. The van der Waals surface area contributed by atoms with Crippen molar-refractivity contribution in [2.45, 2.75) is 19.6 Å². The Hall–Kier alpha value is -5.18. The number of hydrogen-bond donors (Lipinski definition) is 2. The summed E-state index contributed by atoms with van der Waals surface area (Å²) in [6.45, 7) is 5.05. The molecule has 240 valence electrons. The summed E-state index contributed by atoms with van der Waals surface area (Å²) in [6.07, 6.45) is -0.990. The molecule has 0 aliphatic carbocycles. The van der Waals surface area contributed by atoms with Crippen molar-refractivity contribution in [2.24, 2.45) is 7.05 Å². The average molecular weight is 638 g/mol. The highest BCUT2D eigenvalue weighted by Gasteiger charge is 2.34. The Morgan fingerprint density at radius 2 is 1.77 bits per heavy atom. The quantitative estimate of drug-likeness (QED) is 0.232. The lowest BCUT2D eigenvalue weighted by Crippen LogP contribution is -2.44. The number of nitrogen functional groups attached to an aromatic ring is 1. The van der Waals surface area contributed by atoms with E-state index in [1.807, 2.05) is 56.4 Å². The van der Waals surface area contributed by atoms with Gasteiger partial charge < -0.3 is 16.0 Å². The fourth-order valence-corrected chi connectivity index (χ4v) is 5.71. The number of alkyl halides is 3. The molecular formula is C36H34F3N7O. The van der Waals surface area contributed by atoms with E-state index in [1.165, 1.54) is 12.1 Å². The maximum atomic E-state index is 14.1. The number of nitrogens with zero attached hydrogens (tertiary/aromatic N) is 5. The third-order valence-corrected chi connectivity index (χ3v) is 8.44. The number of carbonyl (C=O) groups is 1. The highest BCUT2D eigenvalue weighted by Crippen LogP contribution is 2.35. The van der Waals surface area contributed by atoms with E-state index in [-0.39, 0.29) is 29.2 Å². The Morgan fingerprint density at radius 3 is 2.49 bits per heavy atom. The molecule has 0 spiro atoms. The summed E-state index contributed by atoms with van der Waals surface area (Å²) in [5.74, 6) is 6.02. The zero-order valence-electron chi connectivity index (χ0n) is 26.3. The molecule has 11 heteroatoms. The van der Waals surface area contributed by atoms with E-state index in [0.717, 1.165) is 46.7 Å². The van der Waals surface area contributed by atoms with Crippen LogP contribution in [0.15, 0.2) is 73.1 Å². The molecule has 6 rings (SSSR count). The van der Waals surface area contributed by atoms with Crippen LogP contribution in [0, 0.1) is 18.8 Å². The van der Waals surface area contributed by atoms with E-state index < -0.39 is 17.6 Å². The number of hydrogen-bond acceptors (Lipinski definition) is 6. The maximum absolute atomic E-state index is 14.1. The van der Waals surface area contributed by atoms with Crippen molar-refractivity contribution in [1.82, 2.24) is 24.6 Å². The fraction of sp³-hybridized carbons (Fsp3) is 0.250. The molecule has 0 saturated carbocycles. The number of halogens is 3. The highest BCUT2D eigenvalue weighted by atomic mass is 19.4. The van der Waals surface area contributed by atoms with Crippen LogP contribution < -0.4 is 11.1 Å². The van der Waals surface area contributed by atoms with Crippen LogP contribution in [0.2, 0.25) is 0 Å². The first-order valence-corrected chi connectivity index (χ1v) is 15.2. The second kappa shape index (κ2) is 12.9. The van der Waals surface area contributed by atoms with Gasteiger partial charge in [-0.05, 0) is 55.4 Å². The average Bonchev–Trinajstić information content (AvgIpc) is 3.48. The van der Waals surface area contributed by atoms with Crippen LogP contribution in [-0.4, -0.2) is 63.7 Å². The SMILES string of the molecule is Cc1ccc(C(=O)Nc2ccc(CN3CCN(C)CC3)c(C(F)(F)F)c2)cc1C#Cc1c(N)ncc2c(-c3ccn(C)n3)cccc12. The number of aryl methyl sites for hydroxylation is 2. The fourth-order valence-electron chi connectivity index (χ4n) is 5.71. The number of anilines is 2. The summed E-state index contributed by atoms with van der Waals surface area (Å²) in [4.78, 5) is 21.8. The van der Waals surface area contributed by atoms with Crippen molar-refractivity contribution >= 4 is 28.2 Å². The van der Waals surface area contributed by atoms with Crippen LogP contribution in [0.3, 0.4) is 0 Å². The van der Waals surface area contributed by atoms with Crippen molar-refractivity contribution in [2.75, 3.05) is 44.3 Å². The second-order valence-corrected chi connectivity index (χ2v) is 11.8. The Balaban J connectivity index is 1.26. The van der Waals surface area contributed by atoms with Crippen LogP contribution in [0.1, 0.15) is 38.2 Å². The number of benzene rings is 3. The van der Waals surface area contributed by atoms with Gasteiger partial charge in [0, 0.05) is 85.3 Å². The summed E-state index contributed by atoms with van der Waals surface area (Å²) >= 11 is 0. The van der Waals surface area contributed by atoms with E-state index in [2.05, 4.69) is 32.1 Å². The van der Waals surface area contributed by atoms with Gasteiger partial charge in [-0.1, -0.05) is 42.2 Å². The first kappa shape index (κ1) is 31.8. The van der Waals surface area contributed by atoms with Crippen molar-refractivity contribution in [3.05, 3.63) is 106 Å². The Labute approximate surface area is 271 Å². The number of aromatic nitrogens is 3. The Morgan fingerprint density at radius 1 is 0.979 bits per heavy atom. The van der Waals surface area contributed by atoms with Gasteiger partial charge >= 0.3 is 6.18 Å². The zero-order chi connectivity index (χ0) is 33.3.